The van der Waals surface area contributed by atoms with E-state index >= 15 is 0 Å². The Morgan fingerprint density at radius 3 is 2.83 bits per heavy atom. The summed E-state index contributed by atoms with van der Waals surface area (Å²) in [5, 5.41) is 4.15. The third-order valence-electron chi connectivity index (χ3n) is 5.48. The number of H-pyrrole nitrogens is 1. The molecular weight excluding hydrogens is 378 g/mol. The van der Waals surface area contributed by atoms with Crippen LogP contribution in [-0.4, -0.2) is 35.5 Å². The Morgan fingerprint density at radius 1 is 1.20 bits per heavy atom. The standard InChI is InChI=1S/C24H27N3O3/c1-16-8-9-21-20(14-16)27(23(29)24(2,3)30-21)13-11-22(28)25-12-10-17-15-26-19-7-5-4-6-18(17)19/h4-9,14-15,26H,10-13H2,1-3H3,(H,25,28). The van der Waals surface area contributed by atoms with Gasteiger partial charge in [-0.05, 0) is 56.5 Å². The molecule has 0 unspecified atom stereocenters. The van der Waals surface area contributed by atoms with E-state index in [0.29, 0.717) is 18.8 Å². The van der Waals surface area contributed by atoms with Gasteiger partial charge in [0.25, 0.3) is 5.91 Å². The first-order valence-corrected chi connectivity index (χ1v) is 10.3. The van der Waals surface area contributed by atoms with Crippen molar-refractivity contribution in [2.75, 3.05) is 18.0 Å². The van der Waals surface area contributed by atoms with Gasteiger partial charge in [0, 0.05) is 36.6 Å². The molecule has 30 heavy (non-hydrogen) atoms. The van der Waals surface area contributed by atoms with Crippen LogP contribution >= 0.6 is 0 Å². The highest BCUT2D eigenvalue weighted by Gasteiger charge is 2.40. The monoisotopic (exact) mass is 405 g/mol. The minimum absolute atomic E-state index is 0.0684. The molecule has 6 nitrogen and oxygen atoms in total. The maximum absolute atomic E-state index is 12.9. The summed E-state index contributed by atoms with van der Waals surface area (Å²) in [6, 6.07) is 13.9. The number of aryl methyl sites for hydroxylation is 1. The highest BCUT2D eigenvalue weighted by atomic mass is 16.5. The summed E-state index contributed by atoms with van der Waals surface area (Å²) in [6.45, 7) is 6.36. The molecular formula is C24H27N3O3. The molecule has 0 radical (unpaired) electrons. The van der Waals surface area contributed by atoms with Gasteiger partial charge in [-0.1, -0.05) is 24.3 Å². The van der Waals surface area contributed by atoms with Crippen molar-refractivity contribution in [2.45, 2.75) is 39.2 Å². The number of carbonyl (C=O) groups is 2. The molecule has 2 heterocycles. The van der Waals surface area contributed by atoms with E-state index in [1.807, 2.05) is 49.5 Å². The van der Waals surface area contributed by atoms with Crippen LogP contribution in [0.3, 0.4) is 0 Å². The summed E-state index contributed by atoms with van der Waals surface area (Å²) >= 11 is 0. The third kappa shape index (κ3) is 3.90. The van der Waals surface area contributed by atoms with Gasteiger partial charge in [-0.2, -0.15) is 0 Å². The summed E-state index contributed by atoms with van der Waals surface area (Å²) in [5.74, 6) is 0.471. The van der Waals surface area contributed by atoms with Crippen LogP contribution in [0.25, 0.3) is 10.9 Å². The zero-order valence-corrected chi connectivity index (χ0v) is 17.6. The molecule has 0 saturated carbocycles. The van der Waals surface area contributed by atoms with Crippen LogP contribution < -0.4 is 15.0 Å². The molecule has 2 amide bonds. The quantitative estimate of drug-likeness (QED) is 0.656. The SMILES string of the molecule is Cc1ccc2c(c1)N(CCC(=O)NCCc1c[nH]c3ccccc13)C(=O)C(C)(C)O2. The van der Waals surface area contributed by atoms with Gasteiger partial charge in [0.2, 0.25) is 5.91 Å². The van der Waals surface area contributed by atoms with Gasteiger partial charge in [0.1, 0.15) is 5.75 Å². The first-order chi connectivity index (χ1) is 14.3. The Bertz CT molecular complexity index is 1100. The number of hydrogen-bond acceptors (Lipinski definition) is 3. The Balaban J connectivity index is 1.36. The van der Waals surface area contributed by atoms with Gasteiger partial charge in [-0.25, -0.2) is 0 Å². The first kappa shape index (κ1) is 20.0. The summed E-state index contributed by atoms with van der Waals surface area (Å²) in [6.07, 6.45) is 2.98. The van der Waals surface area contributed by atoms with Crippen molar-refractivity contribution >= 4 is 28.4 Å². The molecule has 3 aromatic rings. The zero-order chi connectivity index (χ0) is 21.3. The zero-order valence-electron chi connectivity index (χ0n) is 17.6. The van der Waals surface area contributed by atoms with E-state index in [4.69, 9.17) is 4.74 Å². The Morgan fingerprint density at radius 2 is 2.00 bits per heavy atom. The number of aromatic nitrogens is 1. The second-order valence-corrected chi connectivity index (χ2v) is 8.25. The van der Waals surface area contributed by atoms with Crippen molar-refractivity contribution in [1.82, 2.24) is 10.3 Å². The molecule has 6 heteroatoms. The summed E-state index contributed by atoms with van der Waals surface area (Å²) in [7, 11) is 0. The molecule has 0 saturated heterocycles. The molecule has 0 atom stereocenters. The molecule has 1 aliphatic heterocycles. The second kappa shape index (κ2) is 7.86. The second-order valence-electron chi connectivity index (χ2n) is 8.25. The number of para-hydroxylation sites is 1. The Hall–Kier alpha value is -3.28. The normalized spacial score (nSPS) is 15.0. The largest absolute Gasteiger partial charge is 0.476 e. The van der Waals surface area contributed by atoms with Gasteiger partial charge in [-0.3, -0.25) is 9.59 Å². The molecule has 1 aromatic heterocycles. The predicted molar refractivity (Wildman–Crippen MR) is 118 cm³/mol. The van der Waals surface area contributed by atoms with Crippen LogP contribution in [0.15, 0.2) is 48.7 Å². The number of nitrogens with one attached hydrogen (secondary N) is 2. The number of aromatic amines is 1. The maximum Gasteiger partial charge on any atom is 0.270 e. The van der Waals surface area contributed by atoms with E-state index in [9.17, 15) is 9.59 Å². The lowest BCUT2D eigenvalue weighted by Gasteiger charge is -2.38. The number of nitrogens with zero attached hydrogens (tertiary/aromatic N) is 1. The smallest absolute Gasteiger partial charge is 0.270 e. The Kier molecular flexibility index (Phi) is 5.24. The van der Waals surface area contributed by atoms with Crippen molar-refractivity contribution < 1.29 is 14.3 Å². The van der Waals surface area contributed by atoms with Gasteiger partial charge in [-0.15, -0.1) is 0 Å². The molecule has 156 valence electrons. The topological polar surface area (TPSA) is 74.4 Å². The van der Waals surface area contributed by atoms with Crippen molar-refractivity contribution in [3.05, 3.63) is 59.8 Å². The fourth-order valence-corrected chi connectivity index (χ4v) is 3.88. The van der Waals surface area contributed by atoms with Crippen molar-refractivity contribution in [3.63, 3.8) is 0 Å². The number of ether oxygens (including phenoxy) is 1. The minimum Gasteiger partial charge on any atom is -0.476 e. The van der Waals surface area contributed by atoms with Gasteiger partial charge < -0.3 is 19.9 Å². The molecule has 0 aliphatic carbocycles. The molecule has 1 aliphatic rings. The lowest BCUT2D eigenvalue weighted by Crippen LogP contribution is -2.53. The van der Waals surface area contributed by atoms with Crippen molar-refractivity contribution in [3.8, 4) is 5.75 Å². The van der Waals surface area contributed by atoms with Crippen molar-refractivity contribution in [2.24, 2.45) is 0 Å². The molecule has 2 aromatic carbocycles. The number of anilines is 1. The van der Waals surface area contributed by atoms with E-state index in [1.165, 1.54) is 10.9 Å². The number of carbonyl (C=O) groups excluding carboxylic acids is 2. The van der Waals surface area contributed by atoms with Gasteiger partial charge >= 0.3 is 0 Å². The van der Waals surface area contributed by atoms with Crippen LogP contribution in [0.5, 0.6) is 5.75 Å². The van der Waals surface area contributed by atoms with Crippen LogP contribution in [0.2, 0.25) is 0 Å². The van der Waals surface area contributed by atoms with Crippen LogP contribution in [0.4, 0.5) is 5.69 Å². The van der Waals surface area contributed by atoms with Gasteiger partial charge in [0.15, 0.2) is 5.60 Å². The first-order valence-electron chi connectivity index (χ1n) is 10.3. The number of rotatable bonds is 6. The fourth-order valence-electron chi connectivity index (χ4n) is 3.88. The highest BCUT2D eigenvalue weighted by Crippen LogP contribution is 2.38. The highest BCUT2D eigenvalue weighted by molar-refractivity contribution is 6.02. The fraction of sp³-hybridized carbons (Fsp3) is 0.333. The average molecular weight is 405 g/mol. The lowest BCUT2D eigenvalue weighted by atomic mass is 10.0. The van der Waals surface area contributed by atoms with Crippen molar-refractivity contribution in [1.29, 1.82) is 0 Å². The summed E-state index contributed by atoms with van der Waals surface area (Å²) < 4.78 is 5.87. The van der Waals surface area contributed by atoms with E-state index in [-0.39, 0.29) is 18.2 Å². The van der Waals surface area contributed by atoms with Gasteiger partial charge in [0.05, 0.1) is 5.69 Å². The molecule has 2 N–H and O–H groups in total. The third-order valence-corrected chi connectivity index (χ3v) is 5.48. The number of hydrogen-bond donors (Lipinski definition) is 2. The Labute approximate surface area is 176 Å². The molecule has 0 spiro atoms. The summed E-state index contributed by atoms with van der Waals surface area (Å²) in [4.78, 5) is 30.3. The number of benzene rings is 2. The molecule has 0 fully saturated rings. The summed E-state index contributed by atoms with van der Waals surface area (Å²) in [5.41, 5.74) is 3.10. The van der Waals surface area contributed by atoms with Crippen LogP contribution in [-0.2, 0) is 16.0 Å². The van der Waals surface area contributed by atoms with Crippen LogP contribution in [0.1, 0.15) is 31.4 Å². The number of amides is 2. The van der Waals surface area contributed by atoms with E-state index in [0.717, 1.165) is 23.2 Å². The van der Waals surface area contributed by atoms with E-state index in [1.54, 1.807) is 18.7 Å². The number of fused-ring (bicyclic) bond motifs is 2. The van der Waals surface area contributed by atoms with E-state index in [2.05, 4.69) is 16.4 Å². The van der Waals surface area contributed by atoms with E-state index < -0.39 is 5.60 Å². The predicted octanol–water partition coefficient (Wildman–Crippen LogP) is 3.73. The maximum atomic E-state index is 12.9. The van der Waals surface area contributed by atoms with Crippen LogP contribution in [0, 0.1) is 6.92 Å². The molecule has 4 rings (SSSR count). The minimum atomic E-state index is -0.950. The average Bonchev–Trinajstić information content (AvgIpc) is 3.12. The lowest BCUT2D eigenvalue weighted by molar-refractivity contribution is -0.132. The molecule has 0 bridgehead atoms.